The Morgan fingerprint density at radius 1 is 1.32 bits per heavy atom. The van der Waals surface area contributed by atoms with Crippen molar-refractivity contribution >= 4 is 27.3 Å². The number of nitrogens with two attached hydrogens (primary N) is 1. The average molecular weight is 303 g/mol. The molecule has 0 aromatic heterocycles. The topological polar surface area (TPSA) is 63.4 Å². The summed E-state index contributed by atoms with van der Waals surface area (Å²) in [5, 5.41) is 0.191. The van der Waals surface area contributed by atoms with Crippen LogP contribution in [0.2, 0.25) is 5.02 Å². The lowest BCUT2D eigenvalue weighted by atomic mass is 10.1. The van der Waals surface area contributed by atoms with Crippen LogP contribution in [0, 0.1) is 0 Å². The van der Waals surface area contributed by atoms with Gasteiger partial charge in [-0.25, -0.2) is 8.42 Å². The van der Waals surface area contributed by atoms with Crippen LogP contribution in [0.3, 0.4) is 0 Å². The first-order valence-electron chi connectivity index (χ1n) is 6.50. The lowest BCUT2D eigenvalue weighted by Gasteiger charge is -2.26. The van der Waals surface area contributed by atoms with Crippen LogP contribution < -0.4 is 5.73 Å². The number of hydrogen-bond donors (Lipinski definition) is 1. The summed E-state index contributed by atoms with van der Waals surface area (Å²) in [6.07, 6.45) is 3.94. The second kappa shape index (κ2) is 5.69. The van der Waals surface area contributed by atoms with Crippen LogP contribution in [-0.4, -0.2) is 25.3 Å². The monoisotopic (exact) mass is 302 g/mol. The van der Waals surface area contributed by atoms with E-state index in [1.807, 2.05) is 6.92 Å². The van der Waals surface area contributed by atoms with Gasteiger partial charge in [0.05, 0.1) is 5.02 Å². The van der Waals surface area contributed by atoms with Crippen LogP contribution >= 0.6 is 11.6 Å². The van der Waals surface area contributed by atoms with Crippen molar-refractivity contribution in [3.05, 3.63) is 23.2 Å². The summed E-state index contributed by atoms with van der Waals surface area (Å²) in [5.74, 6) is 0. The molecule has 0 radical (unpaired) electrons. The molecule has 1 aromatic rings. The Labute approximate surface area is 119 Å². The molecular formula is C13H19ClN2O2S. The number of nitrogen functional groups attached to an aromatic ring is 1. The largest absolute Gasteiger partial charge is 0.399 e. The zero-order valence-electron chi connectivity index (χ0n) is 11.0. The van der Waals surface area contributed by atoms with Crippen molar-refractivity contribution in [2.75, 3.05) is 12.3 Å². The quantitative estimate of drug-likeness (QED) is 0.854. The third-order valence-corrected chi connectivity index (χ3v) is 6.03. The van der Waals surface area contributed by atoms with Gasteiger partial charge in [0.1, 0.15) is 4.90 Å². The number of sulfonamides is 1. The highest BCUT2D eigenvalue weighted by Crippen LogP contribution is 2.30. The van der Waals surface area contributed by atoms with E-state index in [1.54, 1.807) is 10.4 Å². The van der Waals surface area contributed by atoms with Gasteiger partial charge in [-0.2, -0.15) is 4.31 Å². The summed E-state index contributed by atoms with van der Waals surface area (Å²) in [6.45, 7) is 2.51. The smallest absolute Gasteiger partial charge is 0.244 e. The Balaban J connectivity index is 2.40. The molecule has 1 fully saturated rings. The summed E-state index contributed by atoms with van der Waals surface area (Å²) in [4.78, 5) is 0.150. The maximum atomic E-state index is 12.7. The third kappa shape index (κ3) is 3.04. The van der Waals surface area contributed by atoms with Gasteiger partial charge < -0.3 is 5.73 Å². The summed E-state index contributed by atoms with van der Waals surface area (Å²) in [5.41, 5.74) is 6.07. The highest BCUT2D eigenvalue weighted by molar-refractivity contribution is 7.89. The van der Waals surface area contributed by atoms with Crippen molar-refractivity contribution < 1.29 is 8.42 Å². The van der Waals surface area contributed by atoms with Gasteiger partial charge in [-0.15, -0.1) is 0 Å². The molecule has 1 aliphatic heterocycles. The first-order chi connectivity index (χ1) is 8.93. The molecule has 2 N–H and O–H groups in total. The summed E-state index contributed by atoms with van der Waals surface area (Å²) in [6, 6.07) is 4.56. The van der Waals surface area contributed by atoms with Crippen molar-refractivity contribution in [3.63, 3.8) is 0 Å². The minimum absolute atomic E-state index is 0.0149. The van der Waals surface area contributed by atoms with E-state index in [0.29, 0.717) is 12.2 Å². The fraction of sp³-hybridized carbons (Fsp3) is 0.538. The molecule has 1 unspecified atom stereocenters. The van der Waals surface area contributed by atoms with E-state index in [2.05, 4.69) is 0 Å². The maximum absolute atomic E-state index is 12.7. The van der Waals surface area contributed by atoms with Crippen LogP contribution in [-0.2, 0) is 10.0 Å². The highest BCUT2D eigenvalue weighted by atomic mass is 35.5. The normalized spacial score (nSPS) is 22.1. The van der Waals surface area contributed by atoms with Crippen molar-refractivity contribution in [1.29, 1.82) is 0 Å². The predicted molar refractivity (Wildman–Crippen MR) is 77.7 cm³/mol. The van der Waals surface area contributed by atoms with Crippen molar-refractivity contribution in [2.45, 2.75) is 43.5 Å². The number of benzene rings is 1. The van der Waals surface area contributed by atoms with E-state index < -0.39 is 10.0 Å². The van der Waals surface area contributed by atoms with Gasteiger partial charge in [-0.05, 0) is 38.0 Å². The zero-order chi connectivity index (χ0) is 14.0. The summed E-state index contributed by atoms with van der Waals surface area (Å²) in [7, 11) is -3.54. The van der Waals surface area contributed by atoms with Gasteiger partial charge in [-0.3, -0.25) is 0 Å². The summed E-state index contributed by atoms with van der Waals surface area (Å²) < 4.78 is 26.9. The molecule has 6 heteroatoms. The molecule has 1 aromatic carbocycles. The number of halogens is 1. The molecule has 0 aliphatic carbocycles. The summed E-state index contributed by atoms with van der Waals surface area (Å²) >= 11 is 6.04. The Kier molecular flexibility index (Phi) is 4.38. The second-order valence-electron chi connectivity index (χ2n) is 5.00. The molecule has 0 amide bonds. The third-order valence-electron chi connectivity index (χ3n) is 3.53. The fourth-order valence-corrected chi connectivity index (χ4v) is 4.69. The van der Waals surface area contributed by atoms with Crippen LogP contribution in [0.1, 0.15) is 32.6 Å². The van der Waals surface area contributed by atoms with Gasteiger partial charge >= 0.3 is 0 Å². The first kappa shape index (κ1) is 14.6. The Hall–Kier alpha value is -0.780. The zero-order valence-corrected chi connectivity index (χ0v) is 12.5. The number of hydrogen-bond acceptors (Lipinski definition) is 3. The van der Waals surface area contributed by atoms with Crippen LogP contribution in [0.25, 0.3) is 0 Å². The molecule has 1 saturated heterocycles. The minimum Gasteiger partial charge on any atom is -0.399 e. The van der Waals surface area contributed by atoms with E-state index in [0.717, 1.165) is 25.7 Å². The Morgan fingerprint density at radius 2 is 2.05 bits per heavy atom. The lowest BCUT2D eigenvalue weighted by molar-refractivity contribution is 0.342. The van der Waals surface area contributed by atoms with Crippen LogP contribution in [0.15, 0.2) is 23.1 Å². The molecule has 106 valence electrons. The minimum atomic E-state index is -3.54. The Bertz CT molecular complexity index is 560. The van der Waals surface area contributed by atoms with Gasteiger partial charge in [-0.1, -0.05) is 24.4 Å². The second-order valence-corrected chi connectivity index (χ2v) is 7.27. The van der Waals surface area contributed by atoms with Crippen molar-refractivity contribution in [2.24, 2.45) is 0 Å². The first-order valence-corrected chi connectivity index (χ1v) is 8.31. The molecule has 0 spiro atoms. The number of rotatable bonds is 2. The average Bonchev–Trinajstić information content (AvgIpc) is 2.53. The van der Waals surface area contributed by atoms with Crippen molar-refractivity contribution in [1.82, 2.24) is 4.31 Å². The van der Waals surface area contributed by atoms with Crippen molar-refractivity contribution in [3.8, 4) is 0 Å². The van der Waals surface area contributed by atoms with Gasteiger partial charge in [0, 0.05) is 18.3 Å². The van der Waals surface area contributed by atoms with E-state index in [4.69, 9.17) is 17.3 Å². The Morgan fingerprint density at radius 3 is 2.74 bits per heavy atom. The molecular weight excluding hydrogens is 284 g/mol. The SMILES string of the molecule is CC1CCCCCN1S(=O)(=O)c1ccc(N)cc1Cl. The van der Waals surface area contributed by atoms with E-state index in [1.165, 1.54) is 12.1 Å². The molecule has 1 aliphatic rings. The molecule has 1 atom stereocenters. The van der Waals surface area contributed by atoms with Crippen LogP contribution in [0.5, 0.6) is 0 Å². The van der Waals surface area contributed by atoms with Crippen LogP contribution in [0.4, 0.5) is 5.69 Å². The molecule has 0 bridgehead atoms. The number of anilines is 1. The van der Waals surface area contributed by atoms with E-state index in [-0.39, 0.29) is 16.0 Å². The number of nitrogens with zero attached hydrogens (tertiary/aromatic N) is 1. The highest BCUT2D eigenvalue weighted by Gasteiger charge is 2.31. The molecule has 19 heavy (non-hydrogen) atoms. The van der Waals surface area contributed by atoms with Gasteiger partial charge in [0.15, 0.2) is 0 Å². The molecule has 1 heterocycles. The predicted octanol–water partition coefficient (Wildman–Crippen LogP) is 2.88. The lowest BCUT2D eigenvalue weighted by Crippen LogP contribution is -2.38. The molecule has 0 saturated carbocycles. The van der Waals surface area contributed by atoms with Gasteiger partial charge in [0.2, 0.25) is 10.0 Å². The molecule has 4 nitrogen and oxygen atoms in total. The maximum Gasteiger partial charge on any atom is 0.244 e. The molecule has 2 rings (SSSR count). The van der Waals surface area contributed by atoms with Gasteiger partial charge in [0.25, 0.3) is 0 Å². The van der Waals surface area contributed by atoms with E-state index in [9.17, 15) is 8.42 Å². The van der Waals surface area contributed by atoms with E-state index >= 15 is 0 Å². The fourth-order valence-electron chi connectivity index (χ4n) is 2.46. The standard InChI is InChI=1S/C13H19ClN2O2S/c1-10-5-3-2-4-8-16(10)19(17,18)13-7-6-11(15)9-12(13)14/h6-7,9-10H,2-5,8,15H2,1H3.